The number of anilines is 1. The van der Waals surface area contributed by atoms with Crippen molar-refractivity contribution >= 4 is 5.82 Å². The lowest BCUT2D eigenvalue weighted by atomic mass is 10.1. The zero-order valence-corrected chi connectivity index (χ0v) is 10.8. The van der Waals surface area contributed by atoms with Crippen LogP contribution in [0, 0.1) is 5.92 Å². The highest BCUT2D eigenvalue weighted by Crippen LogP contribution is 2.09. The SMILES string of the molecule is CNc1cc(CN(C)CCC(C)C)ccn1. The Bertz CT molecular complexity index is 310. The molecule has 0 aliphatic rings. The normalized spacial score (nSPS) is 11.1. The van der Waals surface area contributed by atoms with Crippen LogP contribution in [0.25, 0.3) is 0 Å². The van der Waals surface area contributed by atoms with Gasteiger partial charge >= 0.3 is 0 Å². The molecule has 0 saturated heterocycles. The predicted molar refractivity (Wildman–Crippen MR) is 69.6 cm³/mol. The number of nitrogens with one attached hydrogen (secondary N) is 1. The molecule has 0 bridgehead atoms. The van der Waals surface area contributed by atoms with E-state index in [1.54, 1.807) is 0 Å². The fraction of sp³-hybridized carbons (Fsp3) is 0.615. The van der Waals surface area contributed by atoms with Crippen molar-refractivity contribution in [3.8, 4) is 0 Å². The van der Waals surface area contributed by atoms with E-state index in [9.17, 15) is 0 Å². The quantitative estimate of drug-likeness (QED) is 0.800. The standard InChI is InChI=1S/C13H23N3/c1-11(2)6-8-16(4)10-12-5-7-15-13(9-12)14-3/h5,7,9,11H,6,8,10H2,1-4H3,(H,14,15). The molecule has 0 atom stereocenters. The summed E-state index contributed by atoms with van der Waals surface area (Å²) in [6.45, 7) is 6.66. The second-order valence-electron chi connectivity index (χ2n) is 4.72. The van der Waals surface area contributed by atoms with Crippen LogP contribution in [0.15, 0.2) is 18.3 Å². The van der Waals surface area contributed by atoms with Crippen LogP contribution in [0.1, 0.15) is 25.8 Å². The first-order valence-electron chi connectivity index (χ1n) is 5.93. The highest BCUT2D eigenvalue weighted by atomic mass is 15.1. The van der Waals surface area contributed by atoms with Gasteiger partial charge in [-0.2, -0.15) is 0 Å². The topological polar surface area (TPSA) is 28.2 Å². The van der Waals surface area contributed by atoms with E-state index in [1.165, 1.54) is 12.0 Å². The number of nitrogens with zero attached hydrogens (tertiary/aromatic N) is 2. The maximum Gasteiger partial charge on any atom is 0.125 e. The van der Waals surface area contributed by atoms with Crippen molar-refractivity contribution in [2.45, 2.75) is 26.8 Å². The van der Waals surface area contributed by atoms with Gasteiger partial charge in [0.15, 0.2) is 0 Å². The van der Waals surface area contributed by atoms with E-state index in [4.69, 9.17) is 0 Å². The minimum atomic E-state index is 0.771. The first kappa shape index (κ1) is 13.0. The molecule has 1 N–H and O–H groups in total. The molecule has 1 aromatic rings. The van der Waals surface area contributed by atoms with Crippen molar-refractivity contribution in [2.24, 2.45) is 5.92 Å². The van der Waals surface area contributed by atoms with E-state index in [0.29, 0.717) is 0 Å². The molecule has 3 heteroatoms. The van der Waals surface area contributed by atoms with Crippen molar-refractivity contribution in [2.75, 3.05) is 26.0 Å². The Balaban J connectivity index is 2.45. The summed E-state index contributed by atoms with van der Waals surface area (Å²) in [6, 6.07) is 4.18. The number of aromatic nitrogens is 1. The molecule has 1 heterocycles. The smallest absolute Gasteiger partial charge is 0.125 e. The van der Waals surface area contributed by atoms with E-state index in [-0.39, 0.29) is 0 Å². The van der Waals surface area contributed by atoms with Crippen LogP contribution in [0.5, 0.6) is 0 Å². The summed E-state index contributed by atoms with van der Waals surface area (Å²) in [4.78, 5) is 6.57. The van der Waals surface area contributed by atoms with Crippen molar-refractivity contribution in [3.05, 3.63) is 23.9 Å². The molecular formula is C13H23N3. The lowest BCUT2D eigenvalue weighted by Crippen LogP contribution is -2.20. The van der Waals surface area contributed by atoms with Crippen LogP contribution in [-0.2, 0) is 6.54 Å². The fourth-order valence-electron chi connectivity index (χ4n) is 1.58. The zero-order chi connectivity index (χ0) is 12.0. The van der Waals surface area contributed by atoms with Gasteiger partial charge in [-0.05, 0) is 43.6 Å². The number of hydrogen-bond donors (Lipinski definition) is 1. The summed E-state index contributed by atoms with van der Waals surface area (Å²) < 4.78 is 0. The van der Waals surface area contributed by atoms with Gasteiger partial charge in [0.25, 0.3) is 0 Å². The Morgan fingerprint density at radius 3 is 2.81 bits per heavy atom. The highest BCUT2D eigenvalue weighted by molar-refractivity contribution is 5.36. The van der Waals surface area contributed by atoms with E-state index >= 15 is 0 Å². The Morgan fingerprint density at radius 1 is 1.44 bits per heavy atom. The van der Waals surface area contributed by atoms with Crippen LogP contribution in [0.3, 0.4) is 0 Å². The summed E-state index contributed by atoms with van der Waals surface area (Å²) >= 11 is 0. The molecule has 1 rings (SSSR count). The van der Waals surface area contributed by atoms with Gasteiger partial charge in [-0.15, -0.1) is 0 Å². The zero-order valence-electron chi connectivity index (χ0n) is 10.8. The molecule has 0 saturated carbocycles. The summed E-state index contributed by atoms with van der Waals surface area (Å²) in [5, 5.41) is 3.06. The van der Waals surface area contributed by atoms with Gasteiger partial charge < -0.3 is 10.2 Å². The first-order chi connectivity index (χ1) is 7.61. The molecule has 16 heavy (non-hydrogen) atoms. The molecule has 0 unspecified atom stereocenters. The Morgan fingerprint density at radius 2 is 2.19 bits per heavy atom. The van der Waals surface area contributed by atoms with E-state index < -0.39 is 0 Å². The lowest BCUT2D eigenvalue weighted by Gasteiger charge is -2.18. The van der Waals surface area contributed by atoms with E-state index in [1.807, 2.05) is 13.2 Å². The van der Waals surface area contributed by atoms with Crippen LogP contribution < -0.4 is 5.32 Å². The van der Waals surface area contributed by atoms with E-state index in [2.05, 4.69) is 48.2 Å². The highest BCUT2D eigenvalue weighted by Gasteiger charge is 2.02. The van der Waals surface area contributed by atoms with Crippen molar-refractivity contribution < 1.29 is 0 Å². The Labute approximate surface area is 98.9 Å². The first-order valence-corrected chi connectivity index (χ1v) is 5.93. The monoisotopic (exact) mass is 221 g/mol. The maximum atomic E-state index is 4.21. The van der Waals surface area contributed by atoms with Crippen LogP contribution in [-0.4, -0.2) is 30.5 Å². The molecule has 90 valence electrons. The Hall–Kier alpha value is -1.09. The van der Waals surface area contributed by atoms with Crippen LogP contribution in [0.4, 0.5) is 5.82 Å². The largest absolute Gasteiger partial charge is 0.373 e. The van der Waals surface area contributed by atoms with Gasteiger partial charge in [0.05, 0.1) is 0 Å². The van der Waals surface area contributed by atoms with Gasteiger partial charge in [0.2, 0.25) is 0 Å². The molecule has 0 spiro atoms. The van der Waals surface area contributed by atoms with Crippen LogP contribution >= 0.6 is 0 Å². The third-order valence-electron chi connectivity index (χ3n) is 2.62. The minimum Gasteiger partial charge on any atom is -0.373 e. The van der Waals surface area contributed by atoms with Gasteiger partial charge in [-0.3, -0.25) is 0 Å². The lowest BCUT2D eigenvalue weighted by molar-refractivity contribution is 0.303. The Kier molecular flexibility index (Phi) is 5.26. The second-order valence-corrected chi connectivity index (χ2v) is 4.72. The molecule has 0 amide bonds. The second kappa shape index (κ2) is 6.48. The average Bonchev–Trinajstić information content (AvgIpc) is 2.26. The summed E-state index contributed by atoms with van der Waals surface area (Å²) in [5.41, 5.74) is 1.31. The number of pyridine rings is 1. The van der Waals surface area contributed by atoms with Crippen LogP contribution in [0.2, 0.25) is 0 Å². The maximum absolute atomic E-state index is 4.21. The molecule has 3 nitrogen and oxygen atoms in total. The molecule has 0 aliphatic carbocycles. The fourth-order valence-corrected chi connectivity index (χ4v) is 1.58. The minimum absolute atomic E-state index is 0.771. The average molecular weight is 221 g/mol. The molecule has 0 radical (unpaired) electrons. The number of hydrogen-bond acceptors (Lipinski definition) is 3. The van der Waals surface area contributed by atoms with E-state index in [0.717, 1.165) is 24.8 Å². The van der Waals surface area contributed by atoms with Crippen molar-refractivity contribution in [3.63, 3.8) is 0 Å². The van der Waals surface area contributed by atoms with Gasteiger partial charge in [0, 0.05) is 19.8 Å². The van der Waals surface area contributed by atoms with Crippen molar-refractivity contribution in [1.82, 2.24) is 9.88 Å². The predicted octanol–water partition coefficient (Wildman–Crippen LogP) is 2.60. The molecular weight excluding hydrogens is 198 g/mol. The van der Waals surface area contributed by atoms with Crippen molar-refractivity contribution in [1.29, 1.82) is 0 Å². The summed E-state index contributed by atoms with van der Waals surface area (Å²) in [5.74, 6) is 1.71. The molecule has 0 aliphatic heterocycles. The molecule has 1 aromatic heterocycles. The van der Waals surface area contributed by atoms with Gasteiger partial charge in [0.1, 0.15) is 5.82 Å². The molecule has 0 fully saturated rings. The molecule has 0 aromatic carbocycles. The third kappa shape index (κ3) is 4.62. The van der Waals surface area contributed by atoms with Gasteiger partial charge in [-0.25, -0.2) is 4.98 Å². The van der Waals surface area contributed by atoms with Gasteiger partial charge in [-0.1, -0.05) is 13.8 Å². The number of rotatable bonds is 6. The third-order valence-corrected chi connectivity index (χ3v) is 2.62. The summed E-state index contributed by atoms with van der Waals surface area (Å²) in [7, 11) is 4.07. The summed E-state index contributed by atoms with van der Waals surface area (Å²) in [6.07, 6.45) is 3.11.